The van der Waals surface area contributed by atoms with E-state index in [0.29, 0.717) is 6.54 Å². The maximum atomic E-state index is 12.3. The molecule has 130 valence electrons. The summed E-state index contributed by atoms with van der Waals surface area (Å²) in [5.41, 5.74) is 4.49. The van der Waals surface area contributed by atoms with Crippen LogP contribution in [-0.4, -0.2) is 35.5 Å². The van der Waals surface area contributed by atoms with Crippen molar-refractivity contribution in [3.63, 3.8) is 0 Å². The first kappa shape index (κ1) is 17.2. The number of hydrogen-bond donors (Lipinski definition) is 2. The summed E-state index contributed by atoms with van der Waals surface area (Å²) < 4.78 is 0. The van der Waals surface area contributed by atoms with E-state index in [9.17, 15) is 9.90 Å². The average molecular weight is 336 g/mol. The van der Waals surface area contributed by atoms with E-state index in [4.69, 9.17) is 0 Å². The fourth-order valence-electron chi connectivity index (χ4n) is 3.07. The highest BCUT2D eigenvalue weighted by atomic mass is 16.3. The molecule has 4 heteroatoms. The first-order valence-corrected chi connectivity index (χ1v) is 8.73. The molecule has 1 heterocycles. The third-order valence-electron chi connectivity index (χ3n) is 4.52. The second-order valence-corrected chi connectivity index (χ2v) is 6.36. The molecule has 2 aromatic rings. The maximum Gasteiger partial charge on any atom is 0.238 e. The Bertz CT molecular complexity index is 766. The molecule has 0 spiro atoms. The standard InChI is InChI=1S/C21H24N2O2/c1-2-16-4-3-5-19(14-16)22-21(25)15-23-12-10-18(11-13-23)17-6-8-20(24)9-7-17/h3-10,14,24H,2,11-13,15H2,1H3,(H,22,25). The topological polar surface area (TPSA) is 52.6 Å². The summed E-state index contributed by atoms with van der Waals surface area (Å²) in [6.07, 6.45) is 4.03. The molecule has 1 aliphatic heterocycles. The Morgan fingerprint density at radius 3 is 2.68 bits per heavy atom. The minimum atomic E-state index is 0.0229. The van der Waals surface area contributed by atoms with Gasteiger partial charge in [-0.25, -0.2) is 0 Å². The van der Waals surface area contributed by atoms with Crippen molar-refractivity contribution < 1.29 is 9.90 Å². The van der Waals surface area contributed by atoms with Gasteiger partial charge in [-0.1, -0.05) is 37.3 Å². The van der Waals surface area contributed by atoms with Gasteiger partial charge in [0.2, 0.25) is 5.91 Å². The molecule has 1 aliphatic rings. The van der Waals surface area contributed by atoms with Gasteiger partial charge >= 0.3 is 0 Å². The van der Waals surface area contributed by atoms with Crippen LogP contribution in [0.15, 0.2) is 54.6 Å². The van der Waals surface area contributed by atoms with Crippen molar-refractivity contribution in [2.24, 2.45) is 0 Å². The van der Waals surface area contributed by atoms with E-state index in [1.54, 1.807) is 12.1 Å². The first-order chi connectivity index (χ1) is 12.1. The summed E-state index contributed by atoms with van der Waals surface area (Å²) >= 11 is 0. The molecule has 0 saturated carbocycles. The number of aromatic hydroxyl groups is 1. The zero-order chi connectivity index (χ0) is 17.6. The maximum absolute atomic E-state index is 12.3. The fraction of sp³-hybridized carbons (Fsp3) is 0.286. The monoisotopic (exact) mass is 336 g/mol. The lowest BCUT2D eigenvalue weighted by Gasteiger charge is -2.26. The lowest BCUT2D eigenvalue weighted by Crippen LogP contribution is -2.36. The smallest absolute Gasteiger partial charge is 0.238 e. The number of anilines is 1. The van der Waals surface area contributed by atoms with Gasteiger partial charge in [-0.2, -0.15) is 0 Å². The van der Waals surface area contributed by atoms with Crippen molar-refractivity contribution in [3.05, 3.63) is 65.7 Å². The van der Waals surface area contributed by atoms with Crippen molar-refractivity contribution in [1.29, 1.82) is 0 Å². The molecule has 2 N–H and O–H groups in total. The summed E-state index contributed by atoms with van der Waals surface area (Å²) in [6.45, 7) is 4.12. The third-order valence-corrected chi connectivity index (χ3v) is 4.52. The van der Waals surface area contributed by atoms with Gasteiger partial charge in [0.15, 0.2) is 0 Å². The Labute approximate surface area is 148 Å². The molecular formula is C21H24N2O2. The zero-order valence-corrected chi connectivity index (χ0v) is 14.5. The van der Waals surface area contributed by atoms with E-state index < -0.39 is 0 Å². The van der Waals surface area contributed by atoms with Crippen molar-refractivity contribution in [2.75, 3.05) is 25.0 Å². The summed E-state index contributed by atoms with van der Waals surface area (Å²) in [5, 5.41) is 12.4. The molecule has 0 aromatic heterocycles. The Morgan fingerprint density at radius 2 is 2.00 bits per heavy atom. The Hall–Kier alpha value is -2.59. The number of nitrogens with one attached hydrogen (secondary N) is 1. The number of carbonyl (C=O) groups is 1. The first-order valence-electron chi connectivity index (χ1n) is 8.73. The molecule has 0 saturated heterocycles. The number of carbonyl (C=O) groups excluding carboxylic acids is 1. The molecule has 0 atom stereocenters. The molecule has 0 aliphatic carbocycles. The summed E-state index contributed by atoms with van der Waals surface area (Å²) in [5.74, 6) is 0.306. The summed E-state index contributed by atoms with van der Waals surface area (Å²) in [7, 11) is 0. The van der Waals surface area contributed by atoms with Gasteiger partial charge in [-0.15, -0.1) is 0 Å². The van der Waals surface area contributed by atoms with E-state index in [0.717, 1.165) is 37.2 Å². The van der Waals surface area contributed by atoms with Crippen LogP contribution in [0, 0.1) is 0 Å². The number of phenolic OH excluding ortho intramolecular Hbond substituents is 1. The van der Waals surface area contributed by atoms with E-state index in [1.165, 1.54) is 11.1 Å². The number of phenols is 1. The molecular weight excluding hydrogens is 312 g/mol. The van der Waals surface area contributed by atoms with Crippen LogP contribution in [-0.2, 0) is 11.2 Å². The van der Waals surface area contributed by atoms with Crippen LogP contribution in [0.25, 0.3) is 5.57 Å². The predicted molar refractivity (Wildman–Crippen MR) is 102 cm³/mol. The number of aryl methyl sites for hydroxylation is 1. The fourth-order valence-corrected chi connectivity index (χ4v) is 3.07. The molecule has 25 heavy (non-hydrogen) atoms. The third kappa shape index (κ3) is 4.70. The van der Waals surface area contributed by atoms with Crippen LogP contribution in [0.3, 0.4) is 0 Å². The van der Waals surface area contributed by atoms with Gasteiger partial charge in [-0.05, 0) is 53.8 Å². The average Bonchev–Trinajstić information content (AvgIpc) is 2.63. The van der Waals surface area contributed by atoms with Crippen molar-refractivity contribution in [3.8, 4) is 5.75 Å². The molecule has 0 radical (unpaired) electrons. The van der Waals surface area contributed by atoms with E-state index in [2.05, 4.69) is 29.3 Å². The van der Waals surface area contributed by atoms with Gasteiger partial charge < -0.3 is 10.4 Å². The highest BCUT2D eigenvalue weighted by Gasteiger charge is 2.16. The van der Waals surface area contributed by atoms with Gasteiger partial charge in [0.1, 0.15) is 5.75 Å². The zero-order valence-electron chi connectivity index (χ0n) is 14.5. The number of benzene rings is 2. The Morgan fingerprint density at radius 1 is 1.20 bits per heavy atom. The van der Waals surface area contributed by atoms with Gasteiger partial charge in [0.25, 0.3) is 0 Å². The summed E-state index contributed by atoms with van der Waals surface area (Å²) in [6, 6.07) is 15.3. The minimum absolute atomic E-state index is 0.0229. The number of nitrogens with zero attached hydrogens (tertiary/aromatic N) is 1. The van der Waals surface area contributed by atoms with E-state index in [-0.39, 0.29) is 11.7 Å². The largest absolute Gasteiger partial charge is 0.508 e. The molecule has 3 rings (SSSR count). The highest BCUT2D eigenvalue weighted by Crippen LogP contribution is 2.24. The van der Waals surface area contributed by atoms with Gasteiger partial charge in [-0.3, -0.25) is 9.69 Å². The SMILES string of the molecule is CCc1cccc(NC(=O)CN2CC=C(c3ccc(O)cc3)CC2)c1. The van der Waals surface area contributed by atoms with Crippen LogP contribution in [0.4, 0.5) is 5.69 Å². The molecule has 0 fully saturated rings. The van der Waals surface area contributed by atoms with Crippen LogP contribution >= 0.6 is 0 Å². The molecule has 0 unspecified atom stereocenters. The van der Waals surface area contributed by atoms with Gasteiger partial charge in [0, 0.05) is 18.8 Å². The van der Waals surface area contributed by atoms with Crippen molar-refractivity contribution >= 4 is 17.2 Å². The number of amides is 1. The van der Waals surface area contributed by atoms with Crippen LogP contribution in [0.2, 0.25) is 0 Å². The lowest BCUT2D eigenvalue weighted by atomic mass is 9.99. The highest BCUT2D eigenvalue weighted by molar-refractivity contribution is 5.92. The number of rotatable bonds is 5. The normalized spacial score (nSPS) is 14.8. The molecule has 1 amide bonds. The minimum Gasteiger partial charge on any atom is -0.508 e. The van der Waals surface area contributed by atoms with E-state index in [1.807, 2.05) is 30.3 Å². The quantitative estimate of drug-likeness (QED) is 0.876. The van der Waals surface area contributed by atoms with E-state index >= 15 is 0 Å². The van der Waals surface area contributed by atoms with Gasteiger partial charge in [0.05, 0.1) is 6.54 Å². The second kappa shape index (κ2) is 7.99. The van der Waals surface area contributed by atoms with Crippen molar-refractivity contribution in [1.82, 2.24) is 4.90 Å². The lowest BCUT2D eigenvalue weighted by molar-refractivity contribution is -0.117. The molecule has 4 nitrogen and oxygen atoms in total. The summed E-state index contributed by atoms with van der Waals surface area (Å²) in [4.78, 5) is 14.4. The van der Waals surface area contributed by atoms with Crippen molar-refractivity contribution in [2.45, 2.75) is 19.8 Å². The number of hydrogen-bond acceptors (Lipinski definition) is 3. The molecule has 0 bridgehead atoms. The van der Waals surface area contributed by atoms with Crippen LogP contribution in [0.5, 0.6) is 5.75 Å². The Balaban J connectivity index is 1.54. The molecule has 2 aromatic carbocycles. The van der Waals surface area contributed by atoms with Crippen LogP contribution < -0.4 is 5.32 Å². The van der Waals surface area contributed by atoms with Crippen LogP contribution in [0.1, 0.15) is 24.5 Å². The second-order valence-electron chi connectivity index (χ2n) is 6.36. The predicted octanol–water partition coefficient (Wildman–Crippen LogP) is 3.68. The Kier molecular flexibility index (Phi) is 5.51.